The van der Waals surface area contributed by atoms with Crippen LogP contribution in [0.1, 0.15) is 28.1 Å². The number of benzene rings is 1. The summed E-state index contributed by atoms with van der Waals surface area (Å²) in [5.41, 5.74) is 2.61. The van der Waals surface area contributed by atoms with Gasteiger partial charge in [0.05, 0.1) is 23.6 Å². The number of carbonyl (C=O) groups excluding carboxylic acids is 1. The molecule has 0 bridgehead atoms. The zero-order chi connectivity index (χ0) is 20.5. The second kappa shape index (κ2) is 7.75. The predicted octanol–water partition coefficient (Wildman–Crippen LogP) is 4.32. The second-order valence-corrected chi connectivity index (χ2v) is 8.30. The van der Waals surface area contributed by atoms with Crippen molar-refractivity contribution >= 4 is 50.6 Å². The van der Waals surface area contributed by atoms with Crippen LogP contribution in [0.4, 0.5) is 22.5 Å². The van der Waals surface area contributed by atoms with Crippen molar-refractivity contribution in [2.24, 2.45) is 0 Å². The summed E-state index contributed by atoms with van der Waals surface area (Å²) in [6, 6.07) is 9.82. The smallest absolute Gasteiger partial charge is 0.267 e. The van der Waals surface area contributed by atoms with Gasteiger partial charge in [-0.2, -0.15) is 5.10 Å². The van der Waals surface area contributed by atoms with Crippen LogP contribution >= 0.6 is 11.3 Å². The lowest BCUT2D eigenvalue weighted by Gasteiger charge is -2.16. The summed E-state index contributed by atoms with van der Waals surface area (Å²) in [4.78, 5) is 24.6. The van der Waals surface area contributed by atoms with Gasteiger partial charge in [0.15, 0.2) is 5.13 Å². The van der Waals surface area contributed by atoms with Gasteiger partial charge in [0.1, 0.15) is 16.5 Å². The maximum atomic E-state index is 12.8. The van der Waals surface area contributed by atoms with Crippen LogP contribution in [0.25, 0.3) is 10.9 Å². The molecule has 3 aromatic heterocycles. The number of nitrogens with one attached hydrogen (secondary N) is 3. The van der Waals surface area contributed by atoms with Crippen LogP contribution in [0.15, 0.2) is 42.7 Å². The Morgan fingerprint density at radius 1 is 1.17 bits per heavy atom. The summed E-state index contributed by atoms with van der Waals surface area (Å²) in [7, 11) is 0. The van der Waals surface area contributed by atoms with E-state index >= 15 is 0 Å². The molecule has 1 aliphatic heterocycles. The van der Waals surface area contributed by atoms with Gasteiger partial charge in [-0.3, -0.25) is 9.89 Å². The predicted molar refractivity (Wildman–Crippen MR) is 120 cm³/mol. The Hall–Kier alpha value is -3.46. The van der Waals surface area contributed by atoms with E-state index in [-0.39, 0.29) is 5.91 Å². The number of thiazole rings is 1. The third-order valence-electron chi connectivity index (χ3n) is 5.20. The minimum absolute atomic E-state index is 0.198. The Bertz CT molecular complexity index is 1210. The number of amides is 1. The lowest BCUT2D eigenvalue weighted by Crippen LogP contribution is -2.19. The molecule has 0 atom stereocenters. The van der Waals surface area contributed by atoms with Crippen LogP contribution < -0.4 is 15.5 Å². The number of anilines is 4. The number of fused-ring (bicyclic) bond motifs is 1. The lowest BCUT2D eigenvalue weighted by molar-refractivity contribution is 0.103. The number of aromatic amines is 1. The molecule has 0 aliphatic carbocycles. The van der Waals surface area contributed by atoms with Gasteiger partial charge >= 0.3 is 0 Å². The summed E-state index contributed by atoms with van der Waals surface area (Å²) in [6.07, 6.45) is 5.71. The third kappa shape index (κ3) is 3.59. The molecule has 1 amide bonds. The number of nitrogens with zero attached hydrogens (tertiary/aromatic N) is 4. The first-order chi connectivity index (χ1) is 14.7. The number of hydrogen-bond acceptors (Lipinski definition) is 7. The molecular formula is C21H21N7OS. The van der Waals surface area contributed by atoms with Crippen molar-refractivity contribution in [1.29, 1.82) is 0 Å². The average molecular weight is 420 g/mol. The topological polar surface area (TPSA) is 98.8 Å². The molecule has 1 aromatic carbocycles. The van der Waals surface area contributed by atoms with Gasteiger partial charge in [0.25, 0.3) is 5.91 Å². The van der Waals surface area contributed by atoms with E-state index in [0.29, 0.717) is 10.0 Å². The molecule has 152 valence electrons. The number of aryl methyl sites for hydroxylation is 1. The number of pyridine rings is 1. The minimum Gasteiger partial charge on any atom is -0.357 e. The van der Waals surface area contributed by atoms with Crippen molar-refractivity contribution in [3.05, 3.63) is 53.2 Å². The van der Waals surface area contributed by atoms with E-state index in [1.54, 1.807) is 12.4 Å². The van der Waals surface area contributed by atoms with Crippen molar-refractivity contribution in [3.63, 3.8) is 0 Å². The van der Waals surface area contributed by atoms with E-state index in [1.165, 1.54) is 24.2 Å². The number of carbonyl (C=O) groups is 1. The molecule has 4 heterocycles. The highest BCUT2D eigenvalue weighted by Crippen LogP contribution is 2.28. The standard InChI is InChI=1S/C21H21N7OS/c1-13-7-8-15-14(11-23-27-15)19(13)26-20(29)16-12-22-21(30-16)25-17-5-4-6-18(24-17)28-9-2-3-10-28/h4-8,11-12H,2-3,9-10H2,1H3,(H,23,27)(H,26,29)(H,22,24,25). The lowest BCUT2D eigenvalue weighted by atomic mass is 10.1. The summed E-state index contributed by atoms with van der Waals surface area (Å²) < 4.78 is 0. The molecule has 1 fully saturated rings. The van der Waals surface area contributed by atoms with E-state index < -0.39 is 0 Å². The zero-order valence-electron chi connectivity index (χ0n) is 16.5. The van der Waals surface area contributed by atoms with Crippen molar-refractivity contribution in [2.75, 3.05) is 28.6 Å². The first kappa shape index (κ1) is 18.6. The third-order valence-corrected chi connectivity index (χ3v) is 6.11. The zero-order valence-corrected chi connectivity index (χ0v) is 17.3. The first-order valence-corrected chi connectivity index (χ1v) is 10.7. The van der Waals surface area contributed by atoms with Crippen LogP contribution in [-0.2, 0) is 0 Å². The van der Waals surface area contributed by atoms with Crippen molar-refractivity contribution < 1.29 is 4.79 Å². The highest BCUT2D eigenvalue weighted by atomic mass is 32.1. The van der Waals surface area contributed by atoms with Gasteiger partial charge in [-0.15, -0.1) is 0 Å². The Balaban J connectivity index is 1.32. The first-order valence-electron chi connectivity index (χ1n) is 9.86. The Kier molecular flexibility index (Phi) is 4.80. The Morgan fingerprint density at radius 2 is 2.03 bits per heavy atom. The quantitative estimate of drug-likeness (QED) is 0.446. The maximum Gasteiger partial charge on any atom is 0.267 e. The normalized spacial score (nSPS) is 13.7. The highest BCUT2D eigenvalue weighted by molar-refractivity contribution is 7.17. The molecule has 4 aromatic rings. The van der Waals surface area contributed by atoms with E-state index in [4.69, 9.17) is 0 Å². The fourth-order valence-corrected chi connectivity index (χ4v) is 4.35. The summed E-state index contributed by atoms with van der Waals surface area (Å²) >= 11 is 1.30. The molecule has 8 nitrogen and oxygen atoms in total. The molecule has 1 saturated heterocycles. The minimum atomic E-state index is -0.198. The Morgan fingerprint density at radius 3 is 2.90 bits per heavy atom. The SMILES string of the molecule is Cc1ccc2[nH]ncc2c1NC(=O)c1cnc(Nc2cccc(N3CCCC3)n2)s1. The molecule has 3 N–H and O–H groups in total. The second-order valence-electron chi connectivity index (χ2n) is 7.27. The fourth-order valence-electron chi connectivity index (χ4n) is 3.63. The van der Waals surface area contributed by atoms with Gasteiger partial charge in [-0.1, -0.05) is 23.5 Å². The Labute approximate surface area is 177 Å². The molecule has 0 saturated carbocycles. The number of rotatable bonds is 5. The summed E-state index contributed by atoms with van der Waals surface area (Å²) in [6.45, 7) is 4.04. The van der Waals surface area contributed by atoms with Crippen molar-refractivity contribution in [3.8, 4) is 0 Å². The van der Waals surface area contributed by atoms with Crippen LogP contribution in [0.5, 0.6) is 0 Å². The van der Waals surface area contributed by atoms with Crippen LogP contribution in [0.2, 0.25) is 0 Å². The van der Waals surface area contributed by atoms with Crippen LogP contribution in [-0.4, -0.2) is 39.2 Å². The molecule has 5 rings (SSSR count). The van der Waals surface area contributed by atoms with E-state index in [2.05, 4.69) is 35.7 Å². The largest absolute Gasteiger partial charge is 0.357 e. The van der Waals surface area contributed by atoms with Gasteiger partial charge in [0, 0.05) is 18.5 Å². The van der Waals surface area contributed by atoms with Crippen LogP contribution in [0, 0.1) is 6.92 Å². The molecule has 0 unspecified atom stereocenters. The maximum absolute atomic E-state index is 12.8. The van der Waals surface area contributed by atoms with Crippen molar-refractivity contribution in [1.82, 2.24) is 20.2 Å². The monoisotopic (exact) mass is 419 g/mol. The van der Waals surface area contributed by atoms with E-state index in [1.807, 2.05) is 37.3 Å². The number of hydrogen-bond donors (Lipinski definition) is 3. The van der Waals surface area contributed by atoms with Gasteiger partial charge < -0.3 is 15.5 Å². The molecule has 30 heavy (non-hydrogen) atoms. The van der Waals surface area contributed by atoms with Crippen LogP contribution in [0.3, 0.4) is 0 Å². The van der Waals surface area contributed by atoms with E-state index in [9.17, 15) is 4.79 Å². The number of aromatic nitrogens is 4. The summed E-state index contributed by atoms with van der Waals surface area (Å²) in [5, 5.41) is 14.7. The van der Waals surface area contributed by atoms with Gasteiger partial charge in [-0.05, 0) is 43.5 Å². The summed E-state index contributed by atoms with van der Waals surface area (Å²) in [5.74, 6) is 1.49. The molecule has 0 radical (unpaired) electrons. The molecule has 9 heteroatoms. The number of H-pyrrole nitrogens is 1. The fraction of sp³-hybridized carbons (Fsp3) is 0.238. The van der Waals surface area contributed by atoms with Crippen molar-refractivity contribution in [2.45, 2.75) is 19.8 Å². The molecule has 1 aliphatic rings. The average Bonchev–Trinajstić information content (AvgIpc) is 3.52. The van der Waals surface area contributed by atoms with Gasteiger partial charge in [-0.25, -0.2) is 9.97 Å². The molecule has 0 spiro atoms. The molecular weight excluding hydrogens is 398 g/mol. The highest BCUT2D eigenvalue weighted by Gasteiger charge is 2.16. The van der Waals surface area contributed by atoms with E-state index in [0.717, 1.165) is 46.9 Å². The van der Waals surface area contributed by atoms with Gasteiger partial charge in [0.2, 0.25) is 0 Å².